The molecule has 0 aliphatic carbocycles. The van der Waals surface area contributed by atoms with Gasteiger partial charge in [-0.25, -0.2) is 0 Å². The highest BCUT2D eigenvalue weighted by atomic mass is 16.5. The molecule has 1 aromatic heterocycles. The first-order valence-corrected chi connectivity index (χ1v) is 9.34. The summed E-state index contributed by atoms with van der Waals surface area (Å²) in [6.07, 6.45) is 1.83. The van der Waals surface area contributed by atoms with Crippen LogP contribution in [0.4, 0.5) is 0 Å². The fourth-order valence-corrected chi connectivity index (χ4v) is 3.41. The van der Waals surface area contributed by atoms with Crippen LogP contribution in [-0.2, 0) is 13.1 Å². The molecule has 0 saturated carbocycles. The van der Waals surface area contributed by atoms with Crippen LogP contribution in [0.25, 0.3) is 10.8 Å². The van der Waals surface area contributed by atoms with E-state index in [1.54, 1.807) is 14.2 Å². The van der Waals surface area contributed by atoms with Gasteiger partial charge >= 0.3 is 0 Å². The van der Waals surface area contributed by atoms with Gasteiger partial charge in [0, 0.05) is 19.3 Å². The average Bonchev–Trinajstić information content (AvgIpc) is 3.18. The zero-order chi connectivity index (χ0) is 19.3. The van der Waals surface area contributed by atoms with E-state index in [2.05, 4.69) is 38.4 Å². The molecule has 1 aliphatic heterocycles. The van der Waals surface area contributed by atoms with E-state index in [0.717, 1.165) is 53.6 Å². The first kappa shape index (κ1) is 18.1. The minimum Gasteiger partial charge on any atom is -0.493 e. The summed E-state index contributed by atoms with van der Waals surface area (Å²) < 4.78 is 10.8. The van der Waals surface area contributed by atoms with E-state index < -0.39 is 0 Å². The van der Waals surface area contributed by atoms with E-state index in [0.29, 0.717) is 6.54 Å². The van der Waals surface area contributed by atoms with E-state index in [-0.39, 0.29) is 0 Å². The van der Waals surface area contributed by atoms with Crippen molar-refractivity contribution in [1.29, 1.82) is 0 Å². The number of benzene rings is 2. The molecule has 0 bridgehead atoms. The number of hydrogen-bond acceptors (Lipinski definition) is 6. The zero-order valence-electron chi connectivity index (χ0n) is 16.2. The number of aromatic nitrogens is 1. The fourth-order valence-electron chi connectivity index (χ4n) is 3.41. The highest BCUT2D eigenvalue weighted by molar-refractivity contribution is 5.87. The SMILES string of the molecule is COc1cc2ccc(CNC3=NCCN3Cc3ccccn3)cc2cc1OC. The Morgan fingerprint density at radius 1 is 1.00 bits per heavy atom. The Balaban J connectivity index is 1.46. The number of nitrogens with zero attached hydrogens (tertiary/aromatic N) is 3. The summed E-state index contributed by atoms with van der Waals surface area (Å²) in [4.78, 5) is 11.3. The van der Waals surface area contributed by atoms with Crippen LogP contribution in [0.2, 0.25) is 0 Å². The standard InChI is InChI=1S/C22H24N4O2/c1-27-20-12-17-7-6-16(11-18(17)13-21(20)28-2)14-25-22-24-9-10-26(22)15-19-5-3-4-8-23-19/h3-8,11-13H,9-10,14-15H2,1-2H3,(H,24,25). The molecule has 6 nitrogen and oxygen atoms in total. The van der Waals surface area contributed by atoms with Crippen molar-refractivity contribution in [1.82, 2.24) is 15.2 Å². The van der Waals surface area contributed by atoms with Gasteiger partial charge in [0.25, 0.3) is 0 Å². The maximum absolute atomic E-state index is 5.42. The molecule has 0 spiro atoms. The molecule has 1 N–H and O–H groups in total. The molecule has 144 valence electrons. The molecule has 2 heterocycles. The molecule has 4 rings (SSSR count). The summed E-state index contributed by atoms with van der Waals surface area (Å²) in [5, 5.41) is 5.72. The summed E-state index contributed by atoms with van der Waals surface area (Å²) in [7, 11) is 3.31. The quantitative estimate of drug-likeness (QED) is 0.716. The zero-order valence-corrected chi connectivity index (χ0v) is 16.2. The highest BCUT2D eigenvalue weighted by Crippen LogP contribution is 2.32. The third kappa shape index (κ3) is 3.86. The van der Waals surface area contributed by atoms with Gasteiger partial charge in [-0.2, -0.15) is 0 Å². The molecule has 0 saturated heterocycles. The smallest absolute Gasteiger partial charge is 0.194 e. The summed E-state index contributed by atoms with van der Waals surface area (Å²) in [6, 6.07) is 16.4. The average molecular weight is 376 g/mol. The van der Waals surface area contributed by atoms with Crippen LogP contribution >= 0.6 is 0 Å². The molecule has 3 aromatic rings. The molecule has 0 amide bonds. The lowest BCUT2D eigenvalue weighted by Crippen LogP contribution is -2.37. The molecule has 1 aliphatic rings. The van der Waals surface area contributed by atoms with Crippen LogP contribution in [0.1, 0.15) is 11.3 Å². The Bertz CT molecular complexity index is 988. The summed E-state index contributed by atoms with van der Waals surface area (Å²) >= 11 is 0. The van der Waals surface area contributed by atoms with Crippen LogP contribution in [0.5, 0.6) is 11.5 Å². The van der Waals surface area contributed by atoms with Gasteiger partial charge in [0.15, 0.2) is 17.5 Å². The van der Waals surface area contributed by atoms with Crippen LogP contribution in [0.15, 0.2) is 59.7 Å². The second-order valence-corrected chi connectivity index (χ2v) is 6.69. The van der Waals surface area contributed by atoms with Crippen molar-refractivity contribution in [3.05, 3.63) is 66.0 Å². The van der Waals surface area contributed by atoms with Crippen molar-refractivity contribution in [2.45, 2.75) is 13.1 Å². The summed E-state index contributed by atoms with van der Waals surface area (Å²) in [5.74, 6) is 2.41. The Morgan fingerprint density at radius 3 is 2.57 bits per heavy atom. The predicted molar refractivity (Wildman–Crippen MR) is 111 cm³/mol. The minimum atomic E-state index is 0.710. The number of rotatable bonds is 6. The molecule has 28 heavy (non-hydrogen) atoms. The van der Waals surface area contributed by atoms with Gasteiger partial charge < -0.3 is 19.7 Å². The van der Waals surface area contributed by atoms with Gasteiger partial charge in [-0.15, -0.1) is 0 Å². The largest absolute Gasteiger partial charge is 0.493 e. The molecule has 0 radical (unpaired) electrons. The summed E-state index contributed by atoms with van der Waals surface area (Å²) in [6.45, 7) is 3.20. The number of guanidine groups is 1. The molecule has 0 unspecified atom stereocenters. The number of nitrogens with one attached hydrogen (secondary N) is 1. The van der Waals surface area contributed by atoms with Gasteiger partial charge in [-0.3, -0.25) is 9.98 Å². The maximum atomic E-state index is 5.42. The van der Waals surface area contributed by atoms with Crippen LogP contribution in [-0.4, -0.2) is 43.2 Å². The molecule has 6 heteroatoms. The number of fused-ring (bicyclic) bond motifs is 1. The Labute approximate surface area is 164 Å². The minimum absolute atomic E-state index is 0.710. The van der Waals surface area contributed by atoms with Crippen molar-refractivity contribution in [3.63, 3.8) is 0 Å². The van der Waals surface area contributed by atoms with E-state index in [1.165, 1.54) is 5.56 Å². The first-order valence-electron chi connectivity index (χ1n) is 9.34. The van der Waals surface area contributed by atoms with E-state index >= 15 is 0 Å². The van der Waals surface area contributed by atoms with Crippen molar-refractivity contribution in [3.8, 4) is 11.5 Å². The molecular weight excluding hydrogens is 352 g/mol. The first-order chi connectivity index (χ1) is 13.8. The Kier molecular flexibility index (Phi) is 5.28. The highest BCUT2D eigenvalue weighted by Gasteiger charge is 2.17. The molecule has 0 fully saturated rings. The lowest BCUT2D eigenvalue weighted by Gasteiger charge is -2.21. The van der Waals surface area contributed by atoms with Crippen LogP contribution in [0, 0.1) is 0 Å². The number of methoxy groups -OCH3 is 2. The molecule has 2 aromatic carbocycles. The third-order valence-corrected chi connectivity index (χ3v) is 4.87. The van der Waals surface area contributed by atoms with Crippen molar-refractivity contribution >= 4 is 16.7 Å². The molecule has 0 atom stereocenters. The predicted octanol–water partition coefficient (Wildman–Crippen LogP) is 3.21. The topological polar surface area (TPSA) is 59.0 Å². The van der Waals surface area contributed by atoms with E-state index in [9.17, 15) is 0 Å². The third-order valence-electron chi connectivity index (χ3n) is 4.87. The number of hydrogen-bond donors (Lipinski definition) is 1. The normalized spacial score (nSPS) is 13.5. The molecular formula is C22H24N4O2. The Morgan fingerprint density at radius 2 is 1.82 bits per heavy atom. The fraction of sp³-hybridized carbons (Fsp3) is 0.273. The van der Waals surface area contributed by atoms with Gasteiger partial charge in [0.05, 0.1) is 33.0 Å². The lowest BCUT2D eigenvalue weighted by atomic mass is 10.1. The second kappa shape index (κ2) is 8.17. The van der Waals surface area contributed by atoms with Gasteiger partial charge in [-0.05, 0) is 46.7 Å². The summed E-state index contributed by atoms with van der Waals surface area (Å²) in [5.41, 5.74) is 2.23. The van der Waals surface area contributed by atoms with Gasteiger partial charge in [0.2, 0.25) is 0 Å². The van der Waals surface area contributed by atoms with Crippen molar-refractivity contribution in [2.75, 3.05) is 27.3 Å². The Hall–Kier alpha value is -3.28. The van der Waals surface area contributed by atoms with Crippen LogP contribution in [0.3, 0.4) is 0 Å². The van der Waals surface area contributed by atoms with E-state index in [4.69, 9.17) is 9.47 Å². The second-order valence-electron chi connectivity index (χ2n) is 6.69. The maximum Gasteiger partial charge on any atom is 0.194 e. The van der Waals surface area contributed by atoms with E-state index in [1.807, 2.05) is 36.5 Å². The monoisotopic (exact) mass is 376 g/mol. The van der Waals surface area contributed by atoms with Gasteiger partial charge in [0.1, 0.15) is 0 Å². The van der Waals surface area contributed by atoms with Crippen molar-refractivity contribution in [2.24, 2.45) is 4.99 Å². The number of pyridine rings is 1. The van der Waals surface area contributed by atoms with Gasteiger partial charge in [-0.1, -0.05) is 18.2 Å². The van der Waals surface area contributed by atoms with Crippen molar-refractivity contribution < 1.29 is 9.47 Å². The number of ether oxygens (including phenoxy) is 2. The van der Waals surface area contributed by atoms with Crippen LogP contribution < -0.4 is 14.8 Å². The lowest BCUT2D eigenvalue weighted by molar-refractivity contribution is 0.356. The number of aliphatic imine (C=N–C) groups is 1.